The molecule has 3 aromatic rings. The Morgan fingerprint density at radius 1 is 1.30 bits per heavy atom. The molecular formula is C18H17N3O5S. The van der Waals surface area contributed by atoms with E-state index < -0.39 is 10.7 Å². The molecule has 0 saturated heterocycles. The third-order valence-electron chi connectivity index (χ3n) is 4.00. The second-order valence-corrected chi connectivity index (χ2v) is 6.69. The Balaban J connectivity index is 1.63. The zero-order valence-corrected chi connectivity index (χ0v) is 15.3. The van der Waals surface area contributed by atoms with Crippen molar-refractivity contribution in [2.24, 2.45) is 0 Å². The Bertz CT molecular complexity index is 1060. The summed E-state index contributed by atoms with van der Waals surface area (Å²) in [5, 5.41) is 13.6. The molecule has 0 atom stereocenters. The van der Waals surface area contributed by atoms with Crippen molar-refractivity contribution in [2.75, 3.05) is 11.6 Å². The van der Waals surface area contributed by atoms with Crippen molar-refractivity contribution in [3.63, 3.8) is 0 Å². The highest BCUT2D eigenvalue weighted by Crippen LogP contribution is 2.21. The molecule has 0 spiro atoms. The Morgan fingerprint density at radius 3 is 2.85 bits per heavy atom. The lowest BCUT2D eigenvalue weighted by Gasteiger charge is -2.07. The molecular weight excluding hydrogens is 370 g/mol. The first-order valence-electron chi connectivity index (χ1n) is 8.19. The van der Waals surface area contributed by atoms with Crippen molar-refractivity contribution in [2.45, 2.75) is 24.3 Å². The smallest absolute Gasteiger partial charge is 0.407 e. The second kappa shape index (κ2) is 8.09. The number of anilines is 1. The van der Waals surface area contributed by atoms with Crippen molar-refractivity contribution in [1.82, 2.24) is 4.57 Å². The van der Waals surface area contributed by atoms with E-state index in [1.165, 1.54) is 22.8 Å². The summed E-state index contributed by atoms with van der Waals surface area (Å²) in [4.78, 5) is 35.4. The van der Waals surface area contributed by atoms with Gasteiger partial charge < -0.3 is 9.73 Å². The van der Waals surface area contributed by atoms with E-state index in [1.54, 1.807) is 11.8 Å². The van der Waals surface area contributed by atoms with Crippen LogP contribution in [0.2, 0.25) is 0 Å². The highest BCUT2D eigenvalue weighted by molar-refractivity contribution is 7.98. The molecule has 0 saturated carbocycles. The highest BCUT2D eigenvalue weighted by Gasteiger charge is 2.14. The van der Waals surface area contributed by atoms with E-state index >= 15 is 0 Å². The van der Waals surface area contributed by atoms with Gasteiger partial charge in [0.15, 0.2) is 5.58 Å². The van der Waals surface area contributed by atoms with E-state index in [2.05, 4.69) is 5.32 Å². The average molecular weight is 387 g/mol. The topological polar surface area (TPSA) is 107 Å². The molecule has 1 amide bonds. The Labute approximate surface area is 158 Å². The molecule has 1 aromatic heterocycles. The number of aromatic nitrogens is 1. The van der Waals surface area contributed by atoms with Crippen molar-refractivity contribution in [3.8, 4) is 0 Å². The minimum Gasteiger partial charge on any atom is -0.407 e. The Hall–Kier alpha value is -3.07. The number of oxazole rings is 1. The quantitative estimate of drug-likeness (QED) is 0.377. The first-order valence-corrected chi connectivity index (χ1v) is 9.42. The maximum Gasteiger partial charge on any atom is 0.419 e. The fourth-order valence-corrected chi connectivity index (χ4v) is 3.16. The Kier molecular flexibility index (Phi) is 5.60. The van der Waals surface area contributed by atoms with Gasteiger partial charge in [0.05, 0.1) is 16.5 Å². The predicted molar refractivity (Wildman–Crippen MR) is 103 cm³/mol. The number of thioether (sulfide) groups is 1. The van der Waals surface area contributed by atoms with Crippen LogP contribution in [0.15, 0.2) is 56.6 Å². The first-order chi connectivity index (χ1) is 13.0. The van der Waals surface area contributed by atoms with Gasteiger partial charge in [-0.15, -0.1) is 11.8 Å². The van der Waals surface area contributed by atoms with Gasteiger partial charge in [-0.25, -0.2) is 4.79 Å². The van der Waals surface area contributed by atoms with Gasteiger partial charge in [-0.3, -0.25) is 19.5 Å². The van der Waals surface area contributed by atoms with Crippen molar-refractivity contribution >= 4 is 40.1 Å². The molecule has 0 aliphatic carbocycles. The number of hydrogen-bond acceptors (Lipinski definition) is 6. The molecule has 1 N–H and O–H groups in total. The molecule has 27 heavy (non-hydrogen) atoms. The molecule has 9 heteroatoms. The SMILES string of the molecule is CSc1cccc(NC(=O)CCCn2c(=O)oc3cc([N+](=O)[O-])ccc32)c1. The number of amides is 1. The number of benzene rings is 2. The van der Waals surface area contributed by atoms with Gasteiger partial charge in [-0.1, -0.05) is 6.07 Å². The van der Waals surface area contributed by atoms with Crippen molar-refractivity contribution < 1.29 is 14.1 Å². The second-order valence-electron chi connectivity index (χ2n) is 5.81. The van der Waals surface area contributed by atoms with Crippen LogP contribution in [0.1, 0.15) is 12.8 Å². The number of hydrogen-bond donors (Lipinski definition) is 1. The summed E-state index contributed by atoms with van der Waals surface area (Å²) in [6.45, 7) is 0.280. The van der Waals surface area contributed by atoms with Gasteiger partial charge in [0, 0.05) is 29.6 Å². The number of nitro benzene ring substituents is 1. The minimum atomic E-state index is -0.599. The maximum absolute atomic E-state index is 12.1. The minimum absolute atomic E-state index is 0.143. The number of nitrogens with one attached hydrogen (secondary N) is 1. The lowest BCUT2D eigenvalue weighted by Crippen LogP contribution is -2.17. The van der Waals surface area contributed by atoms with E-state index in [9.17, 15) is 19.7 Å². The fraction of sp³-hybridized carbons (Fsp3) is 0.222. The van der Waals surface area contributed by atoms with Crippen LogP contribution in [-0.2, 0) is 11.3 Å². The number of carbonyl (C=O) groups is 1. The number of carbonyl (C=O) groups excluding carboxylic acids is 1. The molecule has 1 heterocycles. The van der Waals surface area contributed by atoms with Crippen LogP contribution >= 0.6 is 11.8 Å². The molecule has 0 radical (unpaired) electrons. The summed E-state index contributed by atoms with van der Waals surface area (Å²) < 4.78 is 6.44. The van der Waals surface area contributed by atoms with Gasteiger partial charge >= 0.3 is 5.76 Å². The summed E-state index contributed by atoms with van der Waals surface area (Å²) in [6, 6.07) is 11.6. The van der Waals surface area contributed by atoms with Gasteiger partial charge in [0.25, 0.3) is 5.69 Å². The van der Waals surface area contributed by atoms with E-state index in [-0.39, 0.29) is 30.1 Å². The van der Waals surface area contributed by atoms with Gasteiger partial charge in [-0.2, -0.15) is 0 Å². The summed E-state index contributed by atoms with van der Waals surface area (Å²) >= 11 is 1.59. The summed E-state index contributed by atoms with van der Waals surface area (Å²) in [7, 11) is 0. The lowest BCUT2D eigenvalue weighted by molar-refractivity contribution is -0.384. The highest BCUT2D eigenvalue weighted by atomic mass is 32.2. The third-order valence-corrected chi connectivity index (χ3v) is 4.73. The molecule has 0 bridgehead atoms. The number of non-ortho nitro benzene ring substituents is 1. The third kappa shape index (κ3) is 4.37. The number of fused-ring (bicyclic) bond motifs is 1. The van der Waals surface area contributed by atoms with Gasteiger partial charge in [-0.05, 0) is 36.9 Å². The number of aryl methyl sites for hydroxylation is 1. The van der Waals surface area contributed by atoms with Crippen molar-refractivity contribution in [1.29, 1.82) is 0 Å². The van der Waals surface area contributed by atoms with Crippen molar-refractivity contribution in [3.05, 3.63) is 63.1 Å². The molecule has 3 rings (SSSR count). The largest absolute Gasteiger partial charge is 0.419 e. The fourth-order valence-electron chi connectivity index (χ4n) is 2.70. The van der Waals surface area contributed by atoms with Gasteiger partial charge in [0.2, 0.25) is 5.91 Å². The standard InChI is InChI=1S/C18H17N3O5S/c1-27-14-5-2-4-12(10-14)19-17(22)6-3-9-20-15-8-7-13(21(24)25)11-16(15)26-18(20)23/h2,4-5,7-8,10-11H,3,6,9H2,1H3,(H,19,22). The summed E-state index contributed by atoms with van der Waals surface area (Å²) in [5.41, 5.74) is 1.21. The number of nitrogens with zero attached hydrogens (tertiary/aromatic N) is 2. The molecule has 0 fully saturated rings. The van der Waals surface area contributed by atoms with Crippen LogP contribution in [0, 0.1) is 10.1 Å². The van der Waals surface area contributed by atoms with E-state index in [1.807, 2.05) is 30.5 Å². The van der Waals surface area contributed by atoms with Crippen LogP contribution in [0.25, 0.3) is 11.1 Å². The molecule has 0 aliphatic heterocycles. The van der Waals surface area contributed by atoms with Crippen LogP contribution in [-0.4, -0.2) is 21.7 Å². The summed E-state index contributed by atoms with van der Waals surface area (Å²) in [5.74, 6) is -0.747. The van der Waals surface area contributed by atoms with E-state index in [0.29, 0.717) is 11.9 Å². The van der Waals surface area contributed by atoms with Crippen LogP contribution in [0.3, 0.4) is 0 Å². The maximum atomic E-state index is 12.1. The molecule has 0 unspecified atom stereocenters. The molecule has 2 aromatic carbocycles. The average Bonchev–Trinajstić information content (AvgIpc) is 2.96. The zero-order valence-electron chi connectivity index (χ0n) is 14.5. The predicted octanol–water partition coefficient (Wildman–Crippen LogP) is 3.64. The van der Waals surface area contributed by atoms with Crippen LogP contribution < -0.4 is 11.1 Å². The molecule has 140 valence electrons. The number of nitro groups is 1. The molecule has 0 aliphatic rings. The zero-order chi connectivity index (χ0) is 19.4. The normalized spacial score (nSPS) is 10.9. The number of rotatable bonds is 7. The monoisotopic (exact) mass is 387 g/mol. The Morgan fingerprint density at radius 2 is 2.11 bits per heavy atom. The van der Waals surface area contributed by atoms with Crippen LogP contribution in [0.5, 0.6) is 0 Å². The lowest BCUT2D eigenvalue weighted by atomic mass is 10.2. The van der Waals surface area contributed by atoms with E-state index in [4.69, 9.17) is 4.42 Å². The molecule has 8 nitrogen and oxygen atoms in total. The first kappa shape index (κ1) is 18.7. The van der Waals surface area contributed by atoms with Gasteiger partial charge in [0.1, 0.15) is 0 Å². The van der Waals surface area contributed by atoms with E-state index in [0.717, 1.165) is 10.6 Å². The summed E-state index contributed by atoms with van der Waals surface area (Å²) in [6.07, 6.45) is 2.62. The van der Waals surface area contributed by atoms with Crippen LogP contribution in [0.4, 0.5) is 11.4 Å².